The largest absolute Gasteiger partial charge is 0.363 e. The van der Waals surface area contributed by atoms with Crippen LogP contribution in [-0.2, 0) is 19.5 Å². The van der Waals surface area contributed by atoms with Gasteiger partial charge in [0.2, 0.25) is 0 Å². The van der Waals surface area contributed by atoms with Gasteiger partial charge in [-0.1, -0.05) is 17.9 Å². The summed E-state index contributed by atoms with van der Waals surface area (Å²) in [5.74, 6) is 0. The molecular weight excluding hydrogens is 400 g/mol. The quantitative estimate of drug-likeness (QED) is 0.0813. The molecule has 26 heavy (non-hydrogen) atoms. The number of unbranched alkanes of at least 4 members (excludes halogenated alkanes) is 2. The molecule has 0 saturated heterocycles. The second kappa shape index (κ2) is 12.3. The van der Waals surface area contributed by atoms with Gasteiger partial charge in [-0.3, -0.25) is 4.55 Å². The third kappa shape index (κ3) is 12.3. The SMILES string of the molecule is CC(C)(CCCCNC(=S)NCCCCC(C)(C)S(=O)(=O)O)SOOO. The van der Waals surface area contributed by atoms with Crippen LogP contribution in [0.25, 0.3) is 0 Å². The Morgan fingerprint density at radius 2 is 1.54 bits per heavy atom. The average Bonchev–Trinajstić information content (AvgIpc) is 2.51. The van der Waals surface area contributed by atoms with Gasteiger partial charge in [-0.05, 0) is 65.6 Å². The second-order valence-corrected chi connectivity index (χ2v) is 11.2. The van der Waals surface area contributed by atoms with Crippen molar-refractivity contribution in [2.75, 3.05) is 13.1 Å². The smallest absolute Gasteiger partial charge is 0.270 e. The van der Waals surface area contributed by atoms with E-state index < -0.39 is 14.9 Å². The van der Waals surface area contributed by atoms with Gasteiger partial charge in [0, 0.05) is 29.9 Å². The van der Waals surface area contributed by atoms with E-state index in [4.69, 9.17) is 22.0 Å². The molecule has 0 aromatic carbocycles. The summed E-state index contributed by atoms with van der Waals surface area (Å²) in [6.45, 7) is 8.43. The van der Waals surface area contributed by atoms with Gasteiger partial charge < -0.3 is 10.6 Å². The van der Waals surface area contributed by atoms with Crippen LogP contribution in [0.1, 0.15) is 66.2 Å². The van der Waals surface area contributed by atoms with Crippen molar-refractivity contribution < 1.29 is 27.6 Å². The Morgan fingerprint density at radius 3 is 2.00 bits per heavy atom. The Hall–Kier alpha value is -0.170. The van der Waals surface area contributed by atoms with Crippen molar-refractivity contribution in [1.29, 1.82) is 0 Å². The molecule has 156 valence electrons. The summed E-state index contributed by atoms with van der Waals surface area (Å²) in [7, 11) is -4.03. The molecule has 0 radical (unpaired) electrons. The molecule has 0 aliphatic heterocycles. The predicted molar refractivity (Wildman–Crippen MR) is 108 cm³/mol. The molecule has 11 heteroatoms. The summed E-state index contributed by atoms with van der Waals surface area (Å²) < 4.78 is 34.7. The molecule has 0 aliphatic rings. The fourth-order valence-corrected chi connectivity index (χ4v) is 3.14. The van der Waals surface area contributed by atoms with E-state index in [0.717, 1.165) is 44.3 Å². The molecule has 0 aromatic rings. The highest BCUT2D eigenvalue weighted by Crippen LogP contribution is 2.30. The fourth-order valence-electron chi connectivity index (χ4n) is 2.10. The van der Waals surface area contributed by atoms with Crippen LogP contribution in [0, 0.1) is 0 Å². The summed E-state index contributed by atoms with van der Waals surface area (Å²) >= 11 is 6.27. The molecule has 0 fully saturated rings. The number of nitrogens with one attached hydrogen (secondary N) is 2. The van der Waals surface area contributed by atoms with E-state index in [1.807, 2.05) is 13.8 Å². The van der Waals surface area contributed by atoms with E-state index in [9.17, 15) is 8.42 Å². The van der Waals surface area contributed by atoms with Crippen molar-refractivity contribution in [3.05, 3.63) is 0 Å². The predicted octanol–water partition coefficient (Wildman–Crippen LogP) is 3.31. The number of hydrogen-bond acceptors (Lipinski definition) is 7. The first-order chi connectivity index (χ1) is 11.9. The minimum Gasteiger partial charge on any atom is -0.363 e. The standard InChI is InChI=1S/C15H32N2O6S3/c1-14(2,25-23-22-18)9-5-7-11-16-13(24)17-12-8-6-10-15(3,4)26(19,20)21/h18H,5-12H2,1-4H3,(H2,16,17,24)(H,19,20,21). The van der Waals surface area contributed by atoms with Crippen molar-refractivity contribution >= 4 is 39.5 Å². The van der Waals surface area contributed by atoms with Gasteiger partial charge >= 0.3 is 0 Å². The van der Waals surface area contributed by atoms with Gasteiger partial charge in [-0.15, -0.1) is 4.33 Å². The third-order valence-corrected chi connectivity index (χ3v) is 6.64. The Bertz CT molecular complexity index is 512. The zero-order valence-electron chi connectivity index (χ0n) is 15.9. The highest BCUT2D eigenvalue weighted by atomic mass is 32.2. The van der Waals surface area contributed by atoms with Crippen LogP contribution >= 0.6 is 24.3 Å². The summed E-state index contributed by atoms with van der Waals surface area (Å²) in [6, 6.07) is 0. The highest BCUT2D eigenvalue weighted by Gasteiger charge is 2.31. The van der Waals surface area contributed by atoms with Crippen molar-refractivity contribution in [2.24, 2.45) is 0 Å². The van der Waals surface area contributed by atoms with Gasteiger partial charge in [0.15, 0.2) is 5.11 Å². The van der Waals surface area contributed by atoms with Crippen LogP contribution in [-0.4, -0.2) is 45.9 Å². The molecule has 0 heterocycles. The lowest BCUT2D eigenvalue weighted by atomic mass is 10.1. The topological polar surface area (TPSA) is 117 Å². The summed E-state index contributed by atoms with van der Waals surface area (Å²) in [6.07, 6.45) is 4.64. The van der Waals surface area contributed by atoms with E-state index in [0.29, 0.717) is 24.5 Å². The molecule has 0 saturated carbocycles. The Morgan fingerprint density at radius 1 is 1.04 bits per heavy atom. The maximum atomic E-state index is 11.2. The van der Waals surface area contributed by atoms with E-state index in [1.165, 1.54) is 13.8 Å². The molecule has 0 aromatic heterocycles. The zero-order valence-corrected chi connectivity index (χ0v) is 18.4. The summed E-state index contributed by atoms with van der Waals surface area (Å²) in [5.41, 5.74) is 0. The lowest BCUT2D eigenvalue weighted by Gasteiger charge is -2.21. The molecule has 0 aliphatic carbocycles. The van der Waals surface area contributed by atoms with E-state index in [2.05, 4.69) is 20.0 Å². The molecule has 8 nitrogen and oxygen atoms in total. The van der Waals surface area contributed by atoms with Crippen LogP contribution < -0.4 is 10.6 Å². The van der Waals surface area contributed by atoms with Gasteiger partial charge in [0.1, 0.15) is 0 Å². The number of hydrogen-bond donors (Lipinski definition) is 4. The van der Waals surface area contributed by atoms with Crippen molar-refractivity contribution in [3.63, 3.8) is 0 Å². The maximum Gasteiger partial charge on any atom is 0.270 e. The first-order valence-electron chi connectivity index (χ1n) is 8.56. The monoisotopic (exact) mass is 432 g/mol. The number of rotatable bonds is 14. The highest BCUT2D eigenvalue weighted by molar-refractivity contribution is 7.95. The molecular formula is C15H32N2O6S3. The van der Waals surface area contributed by atoms with Crippen LogP contribution in [0.4, 0.5) is 0 Å². The van der Waals surface area contributed by atoms with Gasteiger partial charge in [-0.25, -0.2) is 5.26 Å². The van der Waals surface area contributed by atoms with Crippen LogP contribution in [0.15, 0.2) is 0 Å². The minimum absolute atomic E-state index is 0.155. The van der Waals surface area contributed by atoms with E-state index in [-0.39, 0.29) is 4.75 Å². The van der Waals surface area contributed by atoms with Crippen molar-refractivity contribution in [1.82, 2.24) is 10.6 Å². The molecule has 0 amide bonds. The average molecular weight is 433 g/mol. The zero-order chi connectivity index (χ0) is 20.3. The lowest BCUT2D eigenvalue weighted by molar-refractivity contribution is -0.432. The lowest BCUT2D eigenvalue weighted by Crippen LogP contribution is -2.36. The first kappa shape index (κ1) is 25.8. The molecule has 0 bridgehead atoms. The van der Waals surface area contributed by atoms with Gasteiger partial charge in [0.05, 0.1) is 4.75 Å². The van der Waals surface area contributed by atoms with E-state index >= 15 is 0 Å². The normalized spacial score (nSPS) is 12.8. The molecule has 4 N–H and O–H groups in total. The van der Waals surface area contributed by atoms with Crippen molar-refractivity contribution in [2.45, 2.75) is 75.7 Å². The Labute approximate surface area is 166 Å². The molecule has 0 spiro atoms. The second-order valence-electron chi connectivity index (χ2n) is 7.32. The van der Waals surface area contributed by atoms with Crippen molar-refractivity contribution in [3.8, 4) is 0 Å². The van der Waals surface area contributed by atoms with Crippen LogP contribution in [0.3, 0.4) is 0 Å². The minimum atomic E-state index is -4.03. The summed E-state index contributed by atoms with van der Waals surface area (Å²) in [4.78, 5) is 0. The fraction of sp³-hybridized carbons (Fsp3) is 0.933. The van der Waals surface area contributed by atoms with E-state index in [1.54, 1.807) is 0 Å². The first-order valence-corrected chi connectivity index (χ1v) is 11.1. The van der Waals surface area contributed by atoms with Crippen LogP contribution in [0.5, 0.6) is 0 Å². The summed E-state index contributed by atoms with van der Waals surface area (Å²) in [5, 5.41) is 18.6. The Balaban J connectivity index is 3.70. The molecule has 0 rings (SSSR count). The number of thiocarbonyl (C=S) groups is 1. The van der Waals surface area contributed by atoms with Crippen LogP contribution in [0.2, 0.25) is 0 Å². The van der Waals surface area contributed by atoms with Gasteiger partial charge in [-0.2, -0.15) is 8.42 Å². The maximum absolute atomic E-state index is 11.2. The Kier molecular flexibility index (Phi) is 12.2. The third-order valence-electron chi connectivity index (χ3n) is 3.97. The van der Waals surface area contributed by atoms with Gasteiger partial charge in [0.25, 0.3) is 10.1 Å². The molecule has 0 atom stereocenters. The molecule has 0 unspecified atom stereocenters.